The summed E-state index contributed by atoms with van der Waals surface area (Å²) in [6.45, 7) is -0.167. The van der Waals surface area contributed by atoms with Gasteiger partial charge in [-0.25, -0.2) is 8.78 Å². The van der Waals surface area contributed by atoms with Gasteiger partial charge in [0.2, 0.25) is 0 Å². The van der Waals surface area contributed by atoms with Gasteiger partial charge in [-0.3, -0.25) is 0 Å². The molecule has 20 heavy (non-hydrogen) atoms. The van der Waals surface area contributed by atoms with E-state index in [-0.39, 0.29) is 12.2 Å². The van der Waals surface area contributed by atoms with Gasteiger partial charge < -0.3 is 10.4 Å². The van der Waals surface area contributed by atoms with E-state index in [0.29, 0.717) is 10.7 Å². The SMILES string of the molecule is OCC(Nc1ccccc1Cl)c1ccc(C(F)F)cc1. The number of rotatable bonds is 5. The lowest BCUT2D eigenvalue weighted by atomic mass is 10.0. The lowest BCUT2D eigenvalue weighted by Gasteiger charge is -2.19. The van der Waals surface area contributed by atoms with Crippen molar-refractivity contribution in [2.45, 2.75) is 12.5 Å². The smallest absolute Gasteiger partial charge is 0.263 e. The lowest BCUT2D eigenvalue weighted by Crippen LogP contribution is -2.15. The Hall–Kier alpha value is -1.65. The van der Waals surface area contributed by atoms with Crippen molar-refractivity contribution < 1.29 is 13.9 Å². The van der Waals surface area contributed by atoms with E-state index in [1.54, 1.807) is 30.3 Å². The Morgan fingerprint density at radius 3 is 2.15 bits per heavy atom. The van der Waals surface area contributed by atoms with E-state index >= 15 is 0 Å². The van der Waals surface area contributed by atoms with Crippen LogP contribution in [0.4, 0.5) is 14.5 Å². The van der Waals surface area contributed by atoms with Gasteiger partial charge in [-0.05, 0) is 17.7 Å². The first-order chi connectivity index (χ1) is 9.61. The van der Waals surface area contributed by atoms with Crippen molar-refractivity contribution in [3.05, 3.63) is 64.7 Å². The van der Waals surface area contributed by atoms with E-state index in [2.05, 4.69) is 5.32 Å². The van der Waals surface area contributed by atoms with Gasteiger partial charge in [0, 0.05) is 5.56 Å². The van der Waals surface area contributed by atoms with Gasteiger partial charge in [0.05, 0.1) is 23.4 Å². The summed E-state index contributed by atoms with van der Waals surface area (Å²) in [5.41, 5.74) is 1.37. The topological polar surface area (TPSA) is 32.3 Å². The molecule has 2 rings (SSSR count). The van der Waals surface area contributed by atoms with Crippen molar-refractivity contribution in [1.29, 1.82) is 0 Å². The fraction of sp³-hybridized carbons (Fsp3) is 0.200. The third kappa shape index (κ3) is 3.46. The Morgan fingerprint density at radius 2 is 1.60 bits per heavy atom. The Balaban J connectivity index is 2.18. The molecule has 5 heteroatoms. The average molecular weight is 298 g/mol. The van der Waals surface area contributed by atoms with Crippen LogP contribution in [0.3, 0.4) is 0 Å². The summed E-state index contributed by atoms with van der Waals surface area (Å²) in [6.07, 6.45) is -2.49. The van der Waals surface area contributed by atoms with Crippen LogP contribution in [0.1, 0.15) is 23.6 Å². The summed E-state index contributed by atoms with van der Waals surface area (Å²) in [6, 6.07) is 12.6. The quantitative estimate of drug-likeness (QED) is 0.856. The summed E-state index contributed by atoms with van der Waals surface area (Å²) in [5, 5.41) is 13.1. The van der Waals surface area contributed by atoms with Crippen LogP contribution >= 0.6 is 11.6 Å². The van der Waals surface area contributed by atoms with Crippen LogP contribution in [0.15, 0.2) is 48.5 Å². The number of halogens is 3. The van der Waals surface area contributed by atoms with Crippen molar-refractivity contribution in [2.24, 2.45) is 0 Å². The molecule has 106 valence electrons. The summed E-state index contributed by atoms with van der Waals surface area (Å²) >= 11 is 6.04. The molecule has 0 aliphatic heterocycles. The first kappa shape index (κ1) is 14.8. The minimum Gasteiger partial charge on any atom is -0.394 e. The van der Waals surface area contributed by atoms with Gasteiger partial charge in [0.25, 0.3) is 6.43 Å². The largest absolute Gasteiger partial charge is 0.394 e. The van der Waals surface area contributed by atoms with Crippen LogP contribution in [-0.4, -0.2) is 11.7 Å². The second kappa shape index (κ2) is 6.68. The zero-order valence-corrected chi connectivity index (χ0v) is 11.3. The van der Waals surface area contributed by atoms with Crippen LogP contribution in [0.2, 0.25) is 5.02 Å². The highest BCUT2D eigenvalue weighted by atomic mass is 35.5. The van der Waals surface area contributed by atoms with Crippen molar-refractivity contribution in [3.8, 4) is 0 Å². The van der Waals surface area contributed by atoms with Gasteiger partial charge in [0.1, 0.15) is 0 Å². The Morgan fingerprint density at radius 1 is 1.00 bits per heavy atom. The molecule has 0 aliphatic rings. The summed E-state index contributed by atoms with van der Waals surface area (Å²) in [5.74, 6) is 0. The number of benzene rings is 2. The highest BCUT2D eigenvalue weighted by Gasteiger charge is 2.13. The number of para-hydroxylation sites is 1. The first-order valence-corrected chi connectivity index (χ1v) is 6.49. The van der Waals surface area contributed by atoms with Gasteiger partial charge in [-0.1, -0.05) is 48.0 Å². The molecular weight excluding hydrogens is 284 g/mol. The Bertz CT molecular complexity index is 560. The Kier molecular flexibility index (Phi) is 4.93. The minimum atomic E-state index is -2.49. The second-order valence-corrected chi connectivity index (χ2v) is 4.73. The number of hydrogen-bond acceptors (Lipinski definition) is 2. The van der Waals surface area contributed by atoms with Crippen molar-refractivity contribution in [1.82, 2.24) is 0 Å². The molecule has 0 saturated carbocycles. The number of nitrogens with one attached hydrogen (secondary N) is 1. The maximum absolute atomic E-state index is 12.5. The van der Waals surface area contributed by atoms with Gasteiger partial charge >= 0.3 is 0 Å². The molecule has 0 radical (unpaired) electrons. The molecule has 2 aromatic rings. The standard InChI is InChI=1S/C15H14ClF2NO/c16-12-3-1-2-4-13(12)19-14(9-20)10-5-7-11(8-6-10)15(17)18/h1-8,14-15,19-20H,9H2. The molecule has 2 aromatic carbocycles. The highest BCUT2D eigenvalue weighted by molar-refractivity contribution is 6.33. The molecule has 0 fully saturated rings. The van der Waals surface area contributed by atoms with Crippen molar-refractivity contribution >= 4 is 17.3 Å². The van der Waals surface area contributed by atoms with E-state index in [0.717, 1.165) is 5.56 Å². The predicted molar refractivity (Wildman–Crippen MR) is 76.3 cm³/mol. The number of hydrogen-bond donors (Lipinski definition) is 2. The normalized spacial score (nSPS) is 12.4. The maximum atomic E-state index is 12.5. The molecule has 0 amide bonds. The van der Waals surface area contributed by atoms with E-state index in [1.807, 2.05) is 6.07 Å². The zero-order valence-electron chi connectivity index (χ0n) is 10.6. The monoisotopic (exact) mass is 297 g/mol. The van der Waals surface area contributed by atoms with Crippen LogP contribution in [0, 0.1) is 0 Å². The molecule has 0 bridgehead atoms. The van der Waals surface area contributed by atoms with Crippen LogP contribution in [0.25, 0.3) is 0 Å². The molecule has 0 spiro atoms. The fourth-order valence-electron chi connectivity index (χ4n) is 1.87. The number of alkyl halides is 2. The van der Waals surface area contributed by atoms with Crippen molar-refractivity contribution in [2.75, 3.05) is 11.9 Å². The molecule has 2 N–H and O–H groups in total. The molecule has 0 heterocycles. The molecule has 0 aromatic heterocycles. The van der Waals surface area contributed by atoms with Crippen LogP contribution < -0.4 is 5.32 Å². The molecule has 1 unspecified atom stereocenters. The first-order valence-electron chi connectivity index (χ1n) is 6.11. The third-order valence-electron chi connectivity index (χ3n) is 2.98. The second-order valence-electron chi connectivity index (χ2n) is 4.33. The Labute approximate surface area is 121 Å². The number of aliphatic hydroxyl groups excluding tert-OH is 1. The van der Waals surface area contributed by atoms with Gasteiger partial charge in [0.15, 0.2) is 0 Å². The molecule has 1 atom stereocenters. The van der Waals surface area contributed by atoms with Gasteiger partial charge in [-0.15, -0.1) is 0 Å². The molecule has 0 saturated heterocycles. The van der Waals surface area contributed by atoms with Crippen molar-refractivity contribution in [3.63, 3.8) is 0 Å². The highest BCUT2D eigenvalue weighted by Crippen LogP contribution is 2.27. The lowest BCUT2D eigenvalue weighted by molar-refractivity contribution is 0.151. The fourth-order valence-corrected chi connectivity index (χ4v) is 2.06. The van der Waals surface area contributed by atoms with E-state index in [9.17, 15) is 13.9 Å². The maximum Gasteiger partial charge on any atom is 0.263 e. The average Bonchev–Trinajstić information content (AvgIpc) is 2.46. The zero-order chi connectivity index (χ0) is 14.5. The summed E-state index contributed by atoms with van der Waals surface area (Å²) < 4.78 is 25.0. The molecule has 2 nitrogen and oxygen atoms in total. The predicted octanol–water partition coefficient (Wildman–Crippen LogP) is 4.42. The van der Waals surface area contributed by atoms with Crippen LogP contribution in [0.5, 0.6) is 0 Å². The minimum absolute atomic E-state index is 0.0387. The van der Waals surface area contributed by atoms with Crippen LogP contribution in [-0.2, 0) is 0 Å². The number of anilines is 1. The van der Waals surface area contributed by atoms with E-state index in [4.69, 9.17) is 11.6 Å². The molecular formula is C15H14ClF2NO. The third-order valence-corrected chi connectivity index (χ3v) is 3.31. The summed E-state index contributed by atoms with van der Waals surface area (Å²) in [4.78, 5) is 0. The molecule has 0 aliphatic carbocycles. The van der Waals surface area contributed by atoms with E-state index < -0.39 is 12.5 Å². The summed E-state index contributed by atoms with van der Waals surface area (Å²) in [7, 11) is 0. The number of aliphatic hydroxyl groups is 1. The van der Waals surface area contributed by atoms with Gasteiger partial charge in [-0.2, -0.15) is 0 Å². The van der Waals surface area contributed by atoms with E-state index in [1.165, 1.54) is 12.1 Å².